The monoisotopic (exact) mass is 474 g/mol. The maximum atomic E-state index is 12.5. The SMILES string of the molecule is O=C(Nc1ccc(Cl)c([N+](=O)[O-])c1)c1cccc(C(=O)Nc2ccc(Cl)c([N+](=O)[O-])c2)c1. The second kappa shape index (κ2) is 9.41. The van der Waals surface area contributed by atoms with Crippen molar-refractivity contribution in [1.82, 2.24) is 0 Å². The maximum absolute atomic E-state index is 12.5. The number of amides is 2. The number of carbonyl (C=O) groups is 2. The van der Waals surface area contributed by atoms with Gasteiger partial charge in [-0.15, -0.1) is 0 Å². The van der Waals surface area contributed by atoms with Gasteiger partial charge < -0.3 is 10.6 Å². The standard InChI is InChI=1S/C20H12Cl2N4O6/c21-15-6-4-13(9-17(15)25(29)30)23-19(27)11-2-1-3-12(8-11)20(28)24-14-5-7-16(22)18(10-14)26(31)32/h1-10H,(H,23,27)(H,24,28). The highest BCUT2D eigenvalue weighted by Gasteiger charge is 2.17. The number of hydrogen-bond acceptors (Lipinski definition) is 6. The normalized spacial score (nSPS) is 10.3. The van der Waals surface area contributed by atoms with Crippen LogP contribution in [0.5, 0.6) is 0 Å². The molecule has 0 unspecified atom stereocenters. The molecule has 0 aromatic heterocycles. The molecule has 3 aromatic carbocycles. The number of nitrogens with zero attached hydrogens (tertiary/aromatic N) is 2. The molecule has 2 N–H and O–H groups in total. The van der Waals surface area contributed by atoms with Gasteiger partial charge >= 0.3 is 0 Å². The first-order valence-corrected chi connectivity index (χ1v) is 9.52. The van der Waals surface area contributed by atoms with Crippen LogP contribution in [0.1, 0.15) is 20.7 Å². The van der Waals surface area contributed by atoms with Crippen molar-refractivity contribution >= 4 is 57.8 Å². The fraction of sp³-hybridized carbons (Fsp3) is 0. The van der Waals surface area contributed by atoms with Crippen LogP contribution in [0, 0.1) is 20.2 Å². The van der Waals surface area contributed by atoms with Gasteiger partial charge in [0.15, 0.2) is 0 Å². The predicted molar refractivity (Wildman–Crippen MR) is 119 cm³/mol. The van der Waals surface area contributed by atoms with E-state index in [4.69, 9.17) is 23.2 Å². The van der Waals surface area contributed by atoms with E-state index in [0.717, 1.165) is 12.1 Å². The van der Waals surface area contributed by atoms with E-state index in [1.54, 1.807) is 0 Å². The van der Waals surface area contributed by atoms with Crippen molar-refractivity contribution in [2.75, 3.05) is 10.6 Å². The van der Waals surface area contributed by atoms with Gasteiger partial charge in [0, 0.05) is 34.6 Å². The van der Waals surface area contributed by atoms with Crippen LogP contribution in [0.3, 0.4) is 0 Å². The van der Waals surface area contributed by atoms with Crippen LogP contribution in [0.25, 0.3) is 0 Å². The Hall–Kier alpha value is -4.02. The molecule has 10 nitrogen and oxygen atoms in total. The Morgan fingerprint density at radius 2 is 1.09 bits per heavy atom. The molecule has 0 aliphatic rings. The van der Waals surface area contributed by atoms with Gasteiger partial charge in [0.25, 0.3) is 23.2 Å². The highest BCUT2D eigenvalue weighted by molar-refractivity contribution is 6.33. The molecule has 0 saturated heterocycles. The molecule has 0 radical (unpaired) electrons. The molecule has 2 amide bonds. The third kappa shape index (κ3) is 5.17. The van der Waals surface area contributed by atoms with Crippen molar-refractivity contribution in [3.8, 4) is 0 Å². The third-order valence-corrected chi connectivity index (χ3v) is 4.83. The Labute approximate surface area is 190 Å². The van der Waals surface area contributed by atoms with E-state index in [2.05, 4.69) is 10.6 Å². The zero-order chi connectivity index (χ0) is 23.4. The Kier molecular flexibility index (Phi) is 6.67. The van der Waals surface area contributed by atoms with Gasteiger partial charge in [-0.05, 0) is 42.5 Å². The molecule has 3 aromatic rings. The number of benzene rings is 3. The van der Waals surface area contributed by atoms with Crippen LogP contribution in [0.15, 0.2) is 60.7 Å². The largest absolute Gasteiger partial charge is 0.322 e. The average Bonchev–Trinajstić information content (AvgIpc) is 2.76. The zero-order valence-electron chi connectivity index (χ0n) is 15.9. The summed E-state index contributed by atoms with van der Waals surface area (Å²) in [5, 5.41) is 26.8. The van der Waals surface area contributed by atoms with E-state index < -0.39 is 21.7 Å². The van der Waals surface area contributed by atoms with E-state index in [9.17, 15) is 29.8 Å². The maximum Gasteiger partial charge on any atom is 0.289 e. The summed E-state index contributed by atoms with van der Waals surface area (Å²) in [4.78, 5) is 45.7. The molecule has 0 fully saturated rings. The van der Waals surface area contributed by atoms with E-state index in [-0.39, 0.29) is 43.9 Å². The number of anilines is 2. The molecule has 0 aliphatic carbocycles. The lowest BCUT2D eigenvalue weighted by molar-refractivity contribution is -0.384. The molecular formula is C20H12Cl2N4O6. The lowest BCUT2D eigenvalue weighted by atomic mass is 10.1. The topological polar surface area (TPSA) is 144 Å². The van der Waals surface area contributed by atoms with Gasteiger partial charge in [-0.2, -0.15) is 0 Å². The average molecular weight is 475 g/mol. The molecule has 32 heavy (non-hydrogen) atoms. The zero-order valence-corrected chi connectivity index (χ0v) is 17.4. The van der Waals surface area contributed by atoms with Crippen LogP contribution >= 0.6 is 23.2 Å². The number of nitro benzene ring substituents is 2. The molecule has 0 heterocycles. The quantitative estimate of drug-likeness (QED) is 0.365. The summed E-state index contributed by atoms with van der Waals surface area (Å²) in [6.07, 6.45) is 0. The number of nitrogens with one attached hydrogen (secondary N) is 2. The van der Waals surface area contributed by atoms with Crippen LogP contribution in [0.4, 0.5) is 22.7 Å². The van der Waals surface area contributed by atoms with E-state index in [0.29, 0.717) is 0 Å². The van der Waals surface area contributed by atoms with Crippen molar-refractivity contribution in [2.24, 2.45) is 0 Å². The van der Waals surface area contributed by atoms with E-state index in [1.165, 1.54) is 48.5 Å². The lowest BCUT2D eigenvalue weighted by Crippen LogP contribution is -2.15. The second-order valence-electron chi connectivity index (χ2n) is 6.34. The fourth-order valence-electron chi connectivity index (χ4n) is 2.67. The lowest BCUT2D eigenvalue weighted by Gasteiger charge is -2.09. The molecular weight excluding hydrogens is 463 g/mol. The number of rotatable bonds is 6. The summed E-state index contributed by atoms with van der Waals surface area (Å²) in [5.41, 5.74) is -0.220. The Morgan fingerprint density at radius 1 is 0.688 bits per heavy atom. The molecule has 0 spiro atoms. The Bertz CT molecular complexity index is 1170. The first kappa shape index (κ1) is 22.7. The van der Waals surface area contributed by atoms with Gasteiger partial charge in [0.05, 0.1) is 9.85 Å². The number of nitro groups is 2. The van der Waals surface area contributed by atoms with Gasteiger partial charge in [-0.25, -0.2) is 0 Å². The molecule has 0 bridgehead atoms. The van der Waals surface area contributed by atoms with Crippen LogP contribution < -0.4 is 10.6 Å². The highest BCUT2D eigenvalue weighted by atomic mass is 35.5. The van der Waals surface area contributed by atoms with E-state index in [1.807, 2.05) is 0 Å². The smallest absolute Gasteiger partial charge is 0.289 e. The Balaban J connectivity index is 1.78. The summed E-state index contributed by atoms with van der Waals surface area (Å²) in [6, 6.07) is 13.3. The molecule has 12 heteroatoms. The number of hydrogen-bond donors (Lipinski definition) is 2. The molecule has 0 aliphatic heterocycles. The van der Waals surface area contributed by atoms with Crippen LogP contribution in [-0.4, -0.2) is 21.7 Å². The minimum Gasteiger partial charge on any atom is -0.322 e. The molecule has 162 valence electrons. The highest BCUT2D eigenvalue weighted by Crippen LogP contribution is 2.28. The minimum atomic E-state index is -0.677. The first-order chi connectivity index (χ1) is 15.2. The molecule has 0 saturated carbocycles. The summed E-state index contributed by atoms with van der Waals surface area (Å²) >= 11 is 11.5. The number of halogens is 2. The molecule has 3 rings (SSSR count). The Morgan fingerprint density at radius 3 is 1.47 bits per heavy atom. The predicted octanol–water partition coefficient (Wildman–Crippen LogP) is 5.31. The van der Waals surface area contributed by atoms with Crippen molar-refractivity contribution in [1.29, 1.82) is 0 Å². The third-order valence-electron chi connectivity index (χ3n) is 4.19. The first-order valence-electron chi connectivity index (χ1n) is 8.76. The van der Waals surface area contributed by atoms with Crippen molar-refractivity contribution in [3.63, 3.8) is 0 Å². The minimum absolute atomic E-state index is 0.0749. The van der Waals surface area contributed by atoms with Crippen LogP contribution in [0.2, 0.25) is 10.0 Å². The van der Waals surface area contributed by atoms with Gasteiger partial charge in [-0.1, -0.05) is 29.3 Å². The van der Waals surface area contributed by atoms with E-state index >= 15 is 0 Å². The summed E-state index contributed by atoms with van der Waals surface area (Å²) in [5.74, 6) is -1.23. The van der Waals surface area contributed by atoms with Crippen molar-refractivity contribution in [3.05, 3.63) is 102 Å². The summed E-state index contributed by atoms with van der Waals surface area (Å²) in [7, 11) is 0. The molecule has 0 atom stereocenters. The summed E-state index contributed by atoms with van der Waals surface area (Å²) in [6.45, 7) is 0. The van der Waals surface area contributed by atoms with Gasteiger partial charge in [0.2, 0.25) is 0 Å². The van der Waals surface area contributed by atoms with Crippen LogP contribution in [-0.2, 0) is 0 Å². The fourth-order valence-corrected chi connectivity index (χ4v) is 3.04. The van der Waals surface area contributed by atoms with Gasteiger partial charge in [0.1, 0.15) is 10.0 Å². The number of carbonyl (C=O) groups excluding carboxylic acids is 2. The summed E-state index contributed by atoms with van der Waals surface area (Å²) < 4.78 is 0. The second-order valence-corrected chi connectivity index (χ2v) is 7.15. The van der Waals surface area contributed by atoms with Gasteiger partial charge in [-0.3, -0.25) is 29.8 Å². The van der Waals surface area contributed by atoms with Crippen molar-refractivity contribution < 1.29 is 19.4 Å². The van der Waals surface area contributed by atoms with Crippen molar-refractivity contribution in [2.45, 2.75) is 0 Å².